The molecular weight excluding hydrogens is 232 g/mol. The minimum Gasteiger partial charge on any atom is -0.382 e. The van der Waals surface area contributed by atoms with Crippen LogP contribution in [0.25, 0.3) is 0 Å². The van der Waals surface area contributed by atoms with Gasteiger partial charge in [0.05, 0.1) is 18.8 Å². The third-order valence-electron chi connectivity index (χ3n) is 3.01. The van der Waals surface area contributed by atoms with Gasteiger partial charge in [0.2, 0.25) is 5.96 Å². The highest BCUT2D eigenvalue weighted by Crippen LogP contribution is 2.13. The number of rotatable bonds is 6. The Kier molecular flexibility index (Phi) is 7.00. The van der Waals surface area contributed by atoms with Gasteiger partial charge in [0.15, 0.2) is 0 Å². The summed E-state index contributed by atoms with van der Waals surface area (Å²) < 4.78 is 10.7. The summed E-state index contributed by atoms with van der Waals surface area (Å²) in [4.78, 5) is 6.64. The number of hydrogen-bond donors (Lipinski definition) is 2. The minimum absolute atomic E-state index is 0.0830. The summed E-state index contributed by atoms with van der Waals surface area (Å²) in [6, 6.07) is 0.0830. The van der Waals surface area contributed by atoms with E-state index in [2.05, 4.69) is 22.2 Å². The van der Waals surface area contributed by atoms with Gasteiger partial charge < -0.3 is 14.4 Å². The van der Waals surface area contributed by atoms with Crippen molar-refractivity contribution in [3.8, 4) is 0 Å². The predicted molar refractivity (Wildman–Crippen MR) is 72.3 cm³/mol. The lowest BCUT2D eigenvalue weighted by atomic mass is 10.2. The van der Waals surface area contributed by atoms with Gasteiger partial charge in [0.25, 0.3) is 0 Å². The van der Waals surface area contributed by atoms with Crippen LogP contribution in [0.4, 0.5) is 0 Å². The second-order valence-corrected chi connectivity index (χ2v) is 4.58. The first kappa shape index (κ1) is 15.2. The van der Waals surface area contributed by atoms with Gasteiger partial charge in [-0.25, -0.2) is 10.8 Å². The molecule has 106 valence electrons. The Hall–Kier alpha value is -0.850. The topological polar surface area (TPSA) is 72.1 Å². The Balaban J connectivity index is 2.57. The third kappa shape index (κ3) is 4.80. The summed E-state index contributed by atoms with van der Waals surface area (Å²) in [7, 11) is 1.67. The first-order chi connectivity index (χ1) is 8.71. The molecular formula is C12H26N4O2. The monoisotopic (exact) mass is 258 g/mol. The predicted octanol–water partition coefficient (Wildman–Crippen LogP) is 0.342. The normalized spacial score (nSPS) is 22.0. The molecule has 0 aliphatic carbocycles. The van der Waals surface area contributed by atoms with Gasteiger partial charge in [-0.2, -0.15) is 0 Å². The molecule has 0 spiro atoms. The van der Waals surface area contributed by atoms with E-state index in [1.807, 2.05) is 6.92 Å². The molecule has 1 aliphatic heterocycles. The van der Waals surface area contributed by atoms with Crippen LogP contribution in [0.1, 0.15) is 26.7 Å². The van der Waals surface area contributed by atoms with Crippen LogP contribution in [0.2, 0.25) is 0 Å². The summed E-state index contributed by atoms with van der Waals surface area (Å²) in [6.45, 7) is 7.22. The van der Waals surface area contributed by atoms with Crippen molar-refractivity contribution in [2.75, 3.05) is 33.4 Å². The molecule has 6 nitrogen and oxygen atoms in total. The van der Waals surface area contributed by atoms with E-state index in [-0.39, 0.29) is 6.04 Å². The fourth-order valence-electron chi connectivity index (χ4n) is 2.10. The second kappa shape index (κ2) is 8.29. The first-order valence-electron chi connectivity index (χ1n) is 6.61. The number of likely N-dealkylation sites (N-methyl/N-ethyl adjacent to an activating group) is 1. The van der Waals surface area contributed by atoms with E-state index in [1.165, 1.54) is 0 Å². The summed E-state index contributed by atoms with van der Waals surface area (Å²) >= 11 is 0. The van der Waals surface area contributed by atoms with Crippen LogP contribution in [0.5, 0.6) is 0 Å². The van der Waals surface area contributed by atoms with Crippen LogP contribution in [-0.2, 0) is 9.47 Å². The number of aliphatic imine (C=N–C) groups is 1. The van der Waals surface area contributed by atoms with Crippen molar-refractivity contribution in [1.82, 2.24) is 10.3 Å². The SMILES string of the molecule is CCN(CC1CCCO1)C(=NC(C)COC)NN. The van der Waals surface area contributed by atoms with E-state index in [4.69, 9.17) is 15.3 Å². The maximum Gasteiger partial charge on any atom is 0.208 e. The zero-order valence-electron chi connectivity index (χ0n) is 11.7. The van der Waals surface area contributed by atoms with Gasteiger partial charge >= 0.3 is 0 Å². The van der Waals surface area contributed by atoms with E-state index in [1.54, 1.807) is 7.11 Å². The molecule has 0 saturated carbocycles. The highest BCUT2D eigenvalue weighted by molar-refractivity contribution is 5.79. The summed E-state index contributed by atoms with van der Waals surface area (Å²) in [5, 5.41) is 0. The Morgan fingerprint density at radius 2 is 2.44 bits per heavy atom. The number of nitrogens with two attached hydrogens (primary N) is 1. The Morgan fingerprint density at radius 1 is 1.67 bits per heavy atom. The van der Waals surface area contributed by atoms with Crippen LogP contribution in [-0.4, -0.2) is 56.4 Å². The molecule has 18 heavy (non-hydrogen) atoms. The molecule has 1 fully saturated rings. The molecule has 1 aliphatic rings. The van der Waals surface area contributed by atoms with Crippen LogP contribution < -0.4 is 11.3 Å². The van der Waals surface area contributed by atoms with Crippen molar-refractivity contribution in [2.24, 2.45) is 10.8 Å². The molecule has 0 aromatic carbocycles. The van der Waals surface area contributed by atoms with E-state index >= 15 is 0 Å². The molecule has 3 N–H and O–H groups in total. The molecule has 0 aromatic rings. The fourth-order valence-corrected chi connectivity index (χ4v) is 2.10. The van der Waals surface area contributed by atoms with Crippen LogP contribution in [0, 0.1) is 0 Å². The van der Waals surface area contributed by atoms with E-state index in [0.717, 1.165) is 32.5 Å². The average Bonchev–Trinajstić information content (AvgIpc) is 2.86. The van der Waals surface area contributed by atoms with Crippen molar-refractivity contribution >= 4 is 5.96 Å². The van der Waals surface area contributed by atoms with E-state index in [9.17, 15) is 0 Å². The van der Waals surface area contributed by atoms with Crippen molar-refractivity contribution in [3.63, 3.8) is 0 Å². The van der Waals surface area contributed by atoms with Crippen molar-refractivity contribution in [2.45, 2.75) is 38.8 Å². The van der Waals surface area contributed by atoms with Gasteiger partial charge in [-0.1, -0.05) is 0 Å². The van der Waals surface area contributed by atoms with Gasteiger partial charge in [0, 0.05) is 26.8 Å². The molecule has 0 radical (unpaired) electrons. The summed E-state index contributed by atoms with van der Waals surface area (Å²) in [5.41, 5.74) is 2.68. The molecule has 2 atom stereocenters. The van der Waals surface area contributed by atoms with Gasteiger partial charge in [0.1, 0.15) is 0 Å². The molecule has 0 aromatic heterocycles. The van der Waals surface area contributed by atoms with Gasteiger partial charge in [-0.05, 0) is 26.7 Å². The molecule has 0 amide bonds. The number of guanidine groups is 1. The third-order valence-corrected chi connectivity index (χ3v) is 3.01. The van der Waals surface area contributed by atoms with Crippen molar-refractivity contribution in [3.05, 3.63) is 0 Å². The second-order valence-electron chi connectivity index (χ2n) is 4.58. The number of nitrogens with zero attached hydrogens (tertiary/aromatic N) is 2. The zero-order valence-corrected chi connectivity index (χ0v) is 11.7. The smallest absolute Gasteiger partial charge is 0.208 e. The van der Waals surface area contributed by atoms with Gasteiger partial charge in [-0.15, -0.1) is 0 Å². The zero-order chi connectivity index (χ0) is 13.4. The van der Waals surface area contributed by atoms with Crippen LogP contribution in [0.3, 0.4) is 0 Å². The highest BCUT2D eigenvalue weighted by atomic mass is 16.5. The van der Waals surface area contributed by atoms with E-state index in [0.29, 0.717) is 18.7 Å². The molecule has 1 heterocycles. The lowest BCUT2D eigenvalue weighted by Crippen LogP contribution is -2.48. The number of hydrogen-bond acceptors (Lipinski definition) is 4. The number of ether oxygens (including phenoxy) is 2. The number of hydrazine groups is 1. The lowest BCUT2D eigenvalue weighted by Gasteiger charge is -2.27. The highest BCUT2D eigenvalue weighted by Gasteiger charge is 2.20. The Labute approximate surface area is 109 Å². The minimum atomic E-state index is 0.0830. The first-order valence-corrected chi connectivity index (χ1v) is 6.61. The maximum absolute atomic E-state index is 5.64. The standard InChI is InChI=1S/C12H26N4O2/c1-4-16(8-11-6-5-7-18-11)12(15-13)14-10(2)9-17-3/h10-11H,4-9,13H2,1-3H3,(H,14,15). The number of methoxy groups -OCH3 is 1. The maximum atomic E-state index is 5.64. The molecule has 6 heteroatoms. The van der Waals surface area contributed by atoms with Gasteiger partial charge in [-0.3, -0.25) is 5.43 Å². The van der Waals surface area contributed by atoms with Crippen molar-refractivity contribution in [1.29, 1.82) is 0 Å². The molecule has 2 unspecified atom stereocenters. The largest absolute Gasteiger partial charge is 0.382 e. The Morgan fingerprint density at radius 3 is 2.94 bits per heavy atom. The quantitative estimate of drug-likeness (QED) is 0.311. The fraction of sp³-hybridized carbons (Fsp3) is 0.917. The summed E-state index contributed by atoms with van der Waals surface area (Å²) in [5.74, 6) is 6.27. The van der Waals surface area contributed by atoms with Crippen molar-refractivity contribution < 1.29 is 9.47 Å². The number of nitrogens with one attached hydrogen (secondary N) is 1. The summed E-state index contributed by atoms with van der Waals surface area (Å²) in [6.07, 6.45) is 2.55. The average molecular weight is 258 g/mol. The van der Waals surface area contributed by atoms with Crippen LogP contribution in [0.15, 0.2) is 4.99 Å². The Bertz CT molecular complexity index is 254. The molecule has 1 rings (SSSR count). The molecule has 1 saturated heterocycles. The van der Waals surface area contributed by atoms with E-state index < -0.39 is 0 Å². The van der Waals surface area contributed by atoms with Crippen LogP contribution >= 0.6 is 0 Å². The molecule has 0 bridgehead atoms. The lowest BCUT2D eigenvalue weighted by molar-refractivity contribution is 0.0912.